The molecule has 2 aliphatic rings. The maximum absolute atomic E-state index is 11.6. The van der Waals surface area contributed by atoms with Crippen LogP contribution < -0.4 is 4.74 Å². The lowest BCUT2D eigenvalue weighted by molar-refractivity contribution is -0.140. The number of methoxy groups -OCH3 is 2. The summed E-state index contributed by atoms with van der Waals surface area (Å²) in [5.41, 5.74) is 5.50. The van der Waals surface area contributed by atoms with E-state index >= 15 is 0 Å². The third-order valence-electron chi connectivity index (χ3n) is 4.03. The average molecular weight is 436 g/mol. The SMILES string of the molecule is COC(=O)CCc1c(-c2ccc(OC)cc2)cc2cocc(I)c1-2. The van der Waals surface area contributed by atoms with Crippen LogP contribution in [0.3, 0.4) is 0 Å². The minimum absolute atomic E-state index is 0.208. The predicted octanol–water partition coefficient (Wildman–Crippen LogP) is 4.77. The highest BCUT2D eigenvalue weighted by atomic mass is 127. The molecule has 0 spiro atoms. The van der Waals surface area contributed by atoms with Crippen LogP contribution in [0.15, 0.2) is 47.3 Å². The molecular weight excluding hydrogens is 419 g/mol. The van der Waals surface area contributed by atoms with Gasteiger partial charge in [0, 0.05) is 17.5 Å². The molecule has 0 amide bonds. The molecular formula is C19H17IO4. The Bertz CT molecular complexity index is 820. The van der Waals surface area contributed by atoms with Gasteiger partial charge in [-0.1, -0.05) is 12.1 Å². The number of rotatable bonds is 5. The number of benzene rings is 1. The van der Waals surface area contributed by atoms with E-state index in [1.165, 1.54) is 7.11 Å². The van der Waals surface area contributed by atoms with Gasteiger partial charge in [-0.2, -0.15) is 0 Å². The van der Waals surface area contributed by atoms with Gasteiger partial charge >= 0.3 is 5.97 Å². The lowest BCUT2D eigenvalue weighted by Gasteiger charge is -2.09. The Kier molecular flexibility index (Phi) is 5.08. The molecule has 0 fully saturated rings. The van der Waals surface area contributed by atoms with E-state index in [0.717, 1.165) is 37.1 Å². The van der Waals surface area contributed by atoms with Crippen molar-refractivity contribution in [3.63, 3.8) is 0 Å². The molecule has 0 unspecified atom stereocenters. The summed E-state index contributed by atoms with van der Waals surface area (Å²) in [6.07, 6.45) is 4.44. The Balaban J connectivity index is 2.09. The molecule has 0 saturated carbocycles. The lowest BCUT2D eigenvalue weighted by atomic mass is 9.99. The first kappa shape index (κ1) is 16.8. The van der Waals surface area contributed by atoms with Crippen LogP contribution in [0.4, 0.5) is 0 Å². The number of carbonyl (C=O) groups excluding carboxylic acids is 1. The smallest absolute Gasteiger partial charge is 0.305 e. The second-order valence-electron chi connectivity index (χ2n) is 5.39. The molecule has 5 heteroatoms. The highest BCUT2D eigenvalue weighted by molar-refractivity contribution is 14.1. The van der Waals surface area contributed by atoms with E-state index in [4.69, 9.17) is 13.9 Å². The van der Waals surface area contributed by atoms with E-state index in [9.17, 15) is 4.79 Å². The van der Waals surface area contributed by atoms with Gasteiger partial charge in [-0.05, 0) is 63.9 Å². The van der Waals surface area contributed by atoms with Crippen LogP contribution in [0.1, 0.15) is 12.0 Å². The van der Waals surface area contributed by atoms with Gasteiger partial charge in [-0.3, -0.25) is 4.79 Å². The van der Waals surface area contributed by atoms with Crippen LogP contribution in [0, 0.1) is 3.57 Å². The quantitative estimate of drug-likeness (QED) is 0.427. The average Bonchev–Trinajstić information content (AvgIpc) is 2.99. The van der Waals surface area contributed by atoms with Crippen molar-refractivity contribution in [3.8, 4) is 28.0 Å². The van der Waals surface area contributed by atoms with Gasteiger partial charge in [0.05, 0.1) is 24.1 Å². The van der Waals surface area contributed by atoms with E-state index in [0.29, 0.717) is 12.8 Å². The minimum Gasteiger partial charge on any atom is -0.497 e. The van der Waals surface area contributed by atoms with Gasteiger partial charge in [0.2, 0.25) is 0 Å². The third kappa shape index (κ3) is 3.26. The zero-order valence-electron chi connectivity index (χ0n) is 13.5. The van der Waals surface area contributed by atoms with E-state index in [1.54, 1.807) is 19.6 Å². The van der Waals surface area contributed by atoms with Crippen molar-refractivity contribution in [2.75, 3.05) is 14.2 Å². The topological polar surface area (TPSA) is 48.7 Å². The molecule has 1 aliphatic heterocycles. The molecule has 0 saturated heterocycles. The van der Waals surface area contributed by atoms with E-state index in [1.807, 2.05) is 24.3 Å². The van der Waals surface area contributed by atoms with E-state index in [-0.39, 0.29) is 5.97 Å². The highest BCUT2D eigenvalue weighted by Crippen LogP contribution is 2.41. The normalized spacial score (nSPS) is 10.8. The van der Waals surface area contributed by atoms with Crippen LogP contribution in [-0.2, 0) is 16.0 Å². The number of hydrogen-bond acceptors (Lipinski definition) is 4. The summed E-state index contributed by atoms with van der Waals surface area (Å²) < 4.78 is 16.4. The molecule has 1 heterocycles. The molecule has 1 aromatic carbocycles. The molecule has 1 aliphatic carbocycles. The van der Waals surface area contributed by atoms with Crippen molar-refractivity contribution in [1.82, 2.24) is 0 Å². The van der Waals surface area contributed by atoms with Gasteiger partial charge < -0.3 is 13.9 Å². The molecule has 1 aromatic rings. The van der Waals surface area contributed by atoms with Gasteiger partial charge in [-0.25, -0.2) is 0 Å². The van der Waals surface area contributed by atoms with E-state index < -0.39 is 0 Å². The van der Waals surface area contributed by atoms with Gasteiger partial charge in [0.1, 0.15) is 12.0 Å². The molecule has 0 N–H and O–H groups in total. The minimum atomic E-state index is -0.208. The fourth-order valence-corrected chi connectivity index (χ4v) is 3.63. The van der Waals surface area contributed by atoms with Gasteiger partial charge in [-0.15, -0.1) is 0 Å². The second-order valence-corrected chi connectivity index (χ2v) is 6.55. The molecule has 4 nitrogen and oxygen atoms in total. The van der Waals surface area contributed by atoms with E-state index in [2.05, 4.69) is 28.7 Å². The van der Waals surface area contributed by atoms with Gasteiger partial charge in [0.25, 0.3) is 0 Å². The molecule has 0 aromatic heterocycles. The first-order valence-corrected chi connectivity index (χ1v) is 8.60. The zero-order chi connectivity index (χ0) is 17.1. The van der Waals surface area contributed by atoms with Gasteiger partial charge in [0.15, 0.2) is 0 Å². The Labute approximate surface area is 154 Å². The maximum atomic E-state index is 11.6. The monoisotopic (exact) mass is 436 g/mol. The maximum Gasteiger partial charge on any atom is 0.305 e. The van der Waals surface area contributed by atoms with Crippen LogP contribution >= 0.6 is 22.6 Å². The number of ether oxygens (including phenoxy) is 2. The summed E-state index contributed by atoms with van der Waals surface area (Å²) in [4.78, 5) is 11.6. The van der Waals surface area contributed by atoms with Crippen molar-refractivity contribution in [2.24, 2.45) is 0 Å². The van der Waals surface area contributed by atoms with Crippen molar-refractivity contribution < 1.29 is 18.7 Å². The first-order chi connectivity index (χ1) is 11.6. The summed E-state index contributed by atoms with van der Waals surface area (Å²) in [6.45, 7) is 0. The summed E-state index contributed by atoms with van der Waals surface area (Å²) in [5.74, 6) is 0.608. The number of fused-ring (bicyclic) bond motifs is 1. The zero-order valence-corrected chi connectivity index (χ0v) is 15.6. The first-order valence-electron chi connectivity index (χ1n) is 7.52. The van der Waals surface area contributed by atoms with Crippen LogP contribution in [0.2, 0.25) is 0 Å². The Morgan fingerprint density at radius 3 is 2.54 bits per heavy atom. The largest absolute Gasteiger partial charge is 0.497 e. The van der Waals surface area contributed by atoms with Crippen molar-refractivity contribution in [2.45, 2.75) is 12.8 Å². The molecule has 0 bridgehead atoms. The molecule has 24 heavy (non-hydrogen) atoms. The summed E-state index contributed by atoms with van der Waals surface area (Å²) >= 11 is 2.26. The summed E-state index contributed by atoms with van der Waals surface area (Å²) in [5, 5.41) is 0. The standard InChI is InChI=1S/C19H17IO4/c1-22-14-5-3-12(4-6-14)16-9-13-10-24-11-17(20)19(13)15(16)7-8-18(21)23-2/h3-6,9-11H,7-8H2,1-2H3. The van der Waals surface area contributed by atoms with Crippen LogP contribution in [0.5, 0.6) is 5.75 Å². The Hall–Kier alpha value is -2.02. The predicted molar refractivity (Wildman–Crippen MR) is 100 cm³/mol. The lowest BCUT2D eigenvalue weighted by Crippen LogP contribution is -2.03. The Morgan fingerprint density at radius 2 is 1.88 bits per heavy atom. The van der Waals surface area contributed by atoms with Crippen molar-refractivity contribution in [3.05, 3.63) is 52.0 Å². The van der Waals surface area contributed by atoms with Crippen molar-refractivity contribution in [1.29, 1.82) is 0 Å². The molecule has 0 radical (unpaired) electrons. The van der Waals surface area contributed by atoms with Crippen LogP contribution in [-0.4, -0.2) is 20.2 Å². The number of carbonyl (C=O) groups is 1. The third-order valence-corrected chi connectivity index (χ3v) is 4.82. The second kappa shape index (κ2) is 7.25. The highest BCUT2D eigenvalue weighted by Gasteiger charge is 2.21. The fraction of sp³-hybridized carbons (Fsp3) is 0.211. The molecule has 3 rings (SSSR count). The summed E-state index contributed by atoms with van der Waals surface area (Å²) in [6, 6.07) is 10.0. The summed E-state index contributed by atoms with van der Waals surface area (Å²) in [7, 11) is 3.07. The number of hydrogen-bond donors (Lipinski definition) is 0. The Morgan fingerprint density at radius 1 is 1.12 bits per heavy atom. The van der Waals surface area contributed by atoms with Crippen molar-refractivity contribution >= 4 is 28.6 Å². The number of esters is 1. The number of halogens is 1. The molecule has 0 atom stereocenters. The fourth-order valence-electron chi connectivity index (χ4n) is 2.84. The van der Waals surface area contributed by atoms with Crippen LogP contribution in [0.25, 0.3) is 22.3 Å². The molecule has 124 valence electrons.